The second kappa shape index (κ2) is 5.41. The van der Waals surface area contributed by atoms with E-state index in [1.165, 1.54) is 7.05 Å². The lowest BCUT2D eigenvalue weighted by Gasteiger charge is -2.00. The Hall–Kier alpha value is -0.730. The smallest absolute Gasteiger partial charge is 0.406 e. The molecule has 0 heterocycles. The summed E-state index contributed by atoms with van der Waals surface area (Å²) in [5.41, 5.74) is 0. The highest BCUT2D eigenvalue weighted by Crippen LogP contribution is 1.86. The highest BCUT2D eigenvalue weighted by molar-refractivity contribution is 5.66. The van der Waals surface area contributed by atoms with Crippen LogP contribution in [0, 0.1) is 6.92 Å². The number of alkyl carbamates (subject to hydrolysis) is 1. The summed E-state index contributed by atoms with van der Waals surface area (Å²) >= 11 is 0. The summed E-state index contributed by atoms with van der Waals surface area (Å²) in [4.78, 5) is 10.3. The summed E-state index contributed by atoms with van der Waals surface area (Å²) in [5.74, 6) is 0. The molecule has 0 fully saturated rings. The first kappa shape index (κ1) is 8.27. The maximum atomic E-state index is 10.3. The molecule has 0 aliphatic heterocycles. The molecular weight excluding hydrogens is 118 g/mol. The van der Waals surface area contributed by atoms with Crippen molar-refractivity contribution in [2.45, 2.75) is 12.8 Å². The predicted octanol–water partition coefficient (Wildman–Crippen LogP) is 0.957. The van der Waals surface area contributed by atoms with Crippen LogP contribution in [0.25, 0.3) is 0 Å². The number of carbonyl (C=O) groups excluding carboxylic acids is 1. The van der Waals surface area contributed by atoms with Crippen LogP contribution in [0.2, 0.25) is 0 Å². The van der Waals surface area contributed by atoms with Crippen LogP contribution < -0.4 is 5.32 Å². The molecule has 0 unspecified atom stereocenters. The molecule has 0 rings (SSSR count). The van der Waals surface area contributed by atoms with E-state index < -0.39 is 0 Å². The first-order chi connectivity index (χ1) is 4.31. The van der Waals surface area contributed by atoms with Gasteiger partial charge in [-0.25, -0.2) is 4.79 Å². The molecule has 3 heteroatoms. The van der Waals surface area contributed by atoms with E-state index in [1.807, 2.05) is 0 Å². The maximum absolute atomic E-state index is 10.3. The number of amides is 1. The van der Waals surface area contributed by atoms with Gasteiger partial charge in [0.05, 0.1) is 6.61 Å². The number of unbranched alkanes of at least 4 members (excludes halogenated alkanes) is 1. The molecule has 0 aromatic carbocycles. The normalized spacial score (nSPS) is 8.67. The highest BCUT2D eigenvalue weighted by Gasteiger charge is 1.93. The van der Waals surface area contributed by atoms with Crippen molar-refractivity contribution in [2.24, 2.45) is 0 Å². The minimum absolute atomic E-state index is 0.372. The van der Waals surface area contributed by atoms with E-state index in [0.29, 0.717) is 6.61 Å². The SMILES string of the molecule is [CH2]CCCOC(=O)NC. The molecule has 1 radical (unpaired) electrons. The van der Waals surface area contributed by atoms with Gasteiger partial charge < -0.3 is 10.1 Å². The molecule has 0 spiro atoms. The van der Waals surface area contributed by atoms with Crippen molar-refractivity contribution in [1.82, 2.24) is 5.32 Å². The molecule has 0 atom stereocenters. The van der Waals surface area contributed by atoms with E-state index in [-0.39, 0.29) is 6.09 Å². The number of carbonyl (C=O) groups is 1. The van der Waals surface area contributed by atoms with E-state index >= 15 is 0 Å². The van der Waals surface area contributed by atoms with Gasteiger partial charge in [0, 0.05) is 7.05 Å². The number of hydrogen-bond donors (Lipinski definition) is 1. The average Bonchev–Trinajstić information content (AvgIpc) is 1.89. The van der Waals surface area contributed by atoms with Crippen LogP contribution in [0.1, 0.15) is 12.8 Å². The third kappa shape index (κ3) is 5.14. The van der Waals surface area contributed by atoms with Crippen molar-refractivity contribution in [1.29, 1.82) is 0 Å². The Morgan fingerprint density at radius 3 is 2.89 bits per heavy atom. The second-order valence-corrected chi connectivity index (χ2v) is 1.59. The molecule has 0 bridgehead atoms. The van der Waals surface area contributed by atoms with Crippen LogP contribution in [0.15, 0.2) is 0 Å². The van der Waals surface area contributed by atoms with Gasteiger partial charge in [0.15, 0.2) is 0 Å². The Bertz CT molecular complexity index is 83.1. The zero-order valence-corrected chi connectivity index (χ0v) is 5.64. The summed E-state index contributed by atoms with van der Waals surface area (Å²) < 4.78 is 4.64. The van der Waals surface area contributed by atoms with Crippen LogP contribution in [0.5, 0.6) is 0 Å². The number of ether oxygens (including phenoxy) is 1. The summed E-state index contributed by atoms with van der Waals surface area (Å²) in [6, 6.07) is 0. The Morgan fingerprint density at radius 2 is 2.44 bits per heavy atom. The third-order valence-electron chi connectivity index (χ3n) is 0.832. The summed E-state index contributed by atoms with van der Waals surface area (Å²) in [7, 11) is 1.53. The molecule has 0 saturated heterocycles. The van der Waals surface area contributed by atoms with E-state index in [2.05, 4.69) is 17.0 Å². The standard InChI is InChI=1S/C6H12NO2/c1-3-4-5-9-6(8)7-2/h1,3-5H2,2H3,(H,7,8). The third-order valence-corrected chi connectivity index (χ3v) is 0.832. The zero-order valence-electron chi connectivity index (χ0n) is 5.64. The first-order valence-corrected chi connectivity index (χ1v) is 2.95. The minimum Gasteiger partial charge on any atom is -0.450 e. The summed E-state index contributed by atoms with van der Waals surface area (Å²) in [6.45, 7) is 4.06. The molecule has 1 N–H and O–H groups in total. The molecule has 0 saturated carbocycles. The minimum atomic E-state index is -0.372. The lowest BCUT2D eigenvalue weighted by atomic mass is 10.4. The molecule has 1 amide bonds. The number of rotatable bonds is 3. The largest absolute Gasteiger partial charge is 0.450 e. The van der Waals surface area contributed by atoms with Gasteiger partial charge in [-0.15, -0.1) is 0 Å². The van der Waals surface area contributed by atoms with Crippen molar-refractivity contribution in [2.75, 3.05) is 13.7 Å². The fourth-order valence-corrected chi connectivity index (χ4v) is 0.339. The molecule has 0 aromatic rings. The fourth-order valence-electron chi connectivity index (χ4n) is 0.339. The molecule has 0 aromatic heterocycles. The number of hydrogen-bond acceptors (Lipinski definition) is 2. The molecule has 0 aliphatic rings. The van der Waals surface area contributed by atoms with E-state index in [4.69, 9.17) is 0 Å². The van der Waals surface area contributed by atoms with E-state index in [1.54, 1.807) is 0 Å². The van der Waals surface area contributed by atoms with Gasteiger partial charge in [0.25, 0.3) is 0 Å². The van der Waals surface area contributed by atoms with Gasteiger partial charge >= 0.3 is 6.09 Å². The van der Waals surface area contributed by atoms with Crippen molar-refractivity contribution in [3.8, 4) is 0 Å². The predicted molar refractivity (Wildman–Crippen MR) is 35.0 cm³/mol. The van der Waals surface area contributed by atoms with Crippen LogP contribution >= 0.6 is 0 Å². The van der Waals surface area contributed by atoms with E-state index in [0.717, 1.165) is 12.8 Å². The van der Waals surface area contributed by atoms with Gasteiger partial charge in [-0.05, 0) is 6.42 Å². The fraction of sp³-hybridized carbons (Fsp3) is 0.667. The van der Waals surface area contributed by atoms with Crippen molar-refractivity contribution in [3.05, 3.63) is 6.92 Å². The van der Waals surface area contributed by atoms with Gasteiger partial charge in [-0.1, -0.05) is 13.3 Å². The Morgan fingerprint density at radius 1 is 1.78 bits per heavy atom. The van der Waals surface area contributed by atoms with Crippen molar-refractivity contribution >= 4 is 6.09 Å². The first-order valence-electron chi connectivity index (χ1n) is 2.95. The zero-order chi connectivity index (χ0) is 7.11. The molecular formula is C6H12NO2. The van der Waals surface area contributed by atoms with Crippen LogP contribution in [-0.4, -0.2) is 19.7 Å². The molecule has 3 nitrogen and oxygen atoms in total. The lowest BCUT2D eigenvalue weighted by Crippen LogP contribution is -2.19. The van der Waals surface area contributed by atoms with Crippen LogP contribution in [0.4, 0.5) is 4.79 Å². The quantitative estimate of drug-likeness (QED) is 0.578. The summed E-state index contributed by atoms with van der Waals surface area (Å²) in [5, 5.41) is 2.34. The Labute approximate surface area is 55.4 Å². The highest BCUT2D eigenvalue weighted by atomic mass is 16.5. The van der Waals surface area contributed by atoms with Gasteiger partial charge in [-0.2, -0.15) is 0 Å². The second-order valence-electron chi connectivity index (χ2n) is 1.59. The van der Waals surface area contributed by atoms with Gasteiger partial charge in [-0.3, -0.25) is 0 Å². The topological polar surface area (TPSA) is 38.3 Å². The molecule has 0 aliphatic carbocycles. The van der Waals surface area contributed by atoms with Gasteiger partial charge in [0.1, 0.15) is 0 Å². The lowest BCUT2D eigenvalue weighted by molar-refractivity contribution is 0.147. The maximum Gasteiger partial charge on any atom is 0.406 e. The van der Waals surface area contributed by atoms with Crippen LogP contribution in [-0.2, 0) is 4.74 Å². The Kier molecular flexibility index (Phi) is 4.97. The van der Waals surface area contributed by atoms with Crippen LogP contribution in [0.3, 0.4) is 0 Å². The summed E-state index contributed by atoms with van der Waals surface area (Å²) in [6.07, 6.45) is 1.26. The number of nitrogens with one attached hydrogen (secondary N) is 1. The molecule has 9 heavy (non-hydrogen) atoms. The Balaban J connectivity index is 2.97. The van der Waals surface area contributed by atoms with Crippen molar-refractivity contribution in [3.63, 3.8) is 0 Å². The average molecular weight is 130 g/mol. The monoisotopic (exact) mass is 130 g/mol. The molecule has 53 valence electrons. The van der Waals surface area contributed by atoms with Gasteiger partial charge in [0.2, 0.25) is 0 Å². The van der Waals surface area contributed by atoms with E-state index in [9.17, 15) is 4.79 Å². The van der Waals surface area contributed by atoms with Crippen molar-refractivity contribution < 1.29 is 9.53 Å².